The SMILES string of the molecule is COC(=O)C(O)C(Oc1ccccc1[N+](=O)[O-])C(=O)OC. The second kappa shape index (κ2) is 7.20. The molecule has 0 heterocycles. The average Bonchev–Trinajstić information content (AvgIpc) is 2.50. The molecule has 1 aromatic carbocycles. The van der Waals surface area contributed by atoms with Crippen molar-refractivity contribution in [1.29, 1.82) is 0 Å². The van der Waals surface area contributed by atoms with Gasteiger partial charge in [-0.05, 0) is 6.07 Å². The lowest BCUT2D eigenvalue weighted by atomic mass is 10.2. The van der Waals surface area contributed by atoms with E-state index in [1.54, 1.807) is 0 Å². The summed E-state index contributed by atoms with van der Waals surface area (Å²) in [5, 5.41) is 20.6. The number of aliphatic hydroxyl groups excluding tert-OH is 1. The van der Waals surface area contributed by atoms with E-state index in [0.717, 1.165) is 20.3 Å². The number of hydrogen-bond acceptors (Lipinski definition) is 8. The van der Waals surface area contributed by atoms with E-state index in [-0.39, 0.29) is 5.75 Å². The third-order valence-electron chi connectivity index (χ3n) is 2.48. The fourth-order valence-corrected chi connectivity index (χ4v) is 1.45. The average molecular weight is 299 g/mol. The summed E-state index contributed by atoms with van der Waals surface area (Å²) >= 11 is 0. The van der Waals surface area contributed by atoms with Crippen molar-refractivity contribution >= 4 is 17.6 Å². The molecule has 9 nitrogen and oxygen atoms in total. The summed E-state index contributed by atoms with van der Waals surface area (Å²) in [6, 6.07) is 5.20. The van der Waals surface area contributed by atoms with Crippen LogP contribution in [-0.2, 0) is 19.1 Å². The molecule has 0 aliphatic rings. The molecule has 0 bridgehead atoms. The Balaban J connectivity index is 3.10. The maximum atomic E-state index is 11.6. The molecule has 9 heteroatoms. The lowest BCUT2D eigenvalue weighted by Gasteiger charge is -2.20. The monoisotopic (exact) mass is 299 g/mol. The number of methoxy groups -OCH3 is 2. The molecular formula is C12H13NO8. The normalized spacial score (nSPS) is 12.9. The van der Waals surface area contributed by atoms with Crippen LogP contribution in [0.1, 0.15) is 0 Å². The number of carbonyl (C=O) groups is 2. The maximum absolute atomic E-state index is 11.6. The number of rotatable bonds is 6. The van der Waals surface area contributed by atoms with Gasteiger partial charge in [0.25, 0.3) is 0 Å². The highest BCUT2D eigenvalue weighted by molar-refractivity contribution is 5.85. The molecule has 0 saturated heterocycles. The molecule has 0 aliphatic carbocycles. The molecule has 0 amide bonds. The Morgan fingerprint density at radius 3 is 2.29 bits per heavy atom. The first-order valence-corrected chi connectivity index (χ1v) is 5.66. The first-order chi connectivity index (χ1) is 9.92. The van der Waals surface area contributed by atoms with E-state index in [1.807, 2.05) is 0 Å². The Bertz CT molecular complexity index is 544. The van der Waals surface area contributed by atoms with Crippen molar-refractivity contribution in [1.82, 2.24) is 0 Å². The summed E-state index contributed by atoms with van der Waals surface area (Å²) < 4.78 is 13.8. The van der Waals surface area contributed by atoms with Crippen LogP contribution in [0.15, 0.2) is 24.3 Å². The van der Waals surface area contributed by atoms with E-state index in [9.17, 15) is 24.8 Å². The van der Waals surface area contributed by atoms with Gasteiger partial charge in [-0.25, -0.2) is 9.59 Å². The Morgan fingerprint density at radius 2 is 1.76 bits per heavy atom. The molecule has 2 unspecified atom stereocenters. The van der Waals surface area contributed by atoms with Crippen LogP contribution < -0.4 is 4.74 Å². The third kappa shape index (κ3) is 3.89. The largest absolute Gasteiger partial charge is 0.468 e. The molecule has 0 aliphatic heterocycles. The molecule has 0 radical (unpaired) electrons. The van der Waals surface area contributed by atoms with Crippen molar-refractivity contribution in [3.05, 3.63) is 34.4 Å². The summed E-state index contributed by atoms with van der Waals surface area (Å²) in [4.78, 5) is 33.0. The van der Waals surface area contributed by atoms with Crippen LogP contribution in [0.25, 0.3) is 0 Å². The zero-order valence-corrected chi connectivity index (χ0v) is 11.2. The number of nitro groups is 1. The topological polar surface area (TPSA) is 125 Å². The fourth-order valence-electron chi connectivity index (χ4n) is 1.45. The van der Waals surface area contributed by atoms with Crippen LogP contribution in [0.5, 0.6) is 5.75 Å². The molecule has 1 aromatic rings. The van der Waals surface area contributed by atoms with Crippen LogP contribution in [0.3, 0.4) is 0 Å². The number of benzene rings is 1. The molecule has 2 atom stereocenters. The lowest BCUT2D eigenvalue weighted by molar-refractivity contribution is -0.386. The Labute approximate surface area is 119 Å². The van der Waals surface area contributed by atoms with E-state index in [2.05, 4.69) is 9.47 Å². The molecule has 114 valence electrons. The lowest BCUT2D eigenvalue weighted by Crippen LogP contribution is -2.45. The molecule has 0 saturated carbocycles. The predicted octanol–water partition coefficient (Wildman–Crippen LogP) is 0.0491. The number of aliphatic hydroxyl groups is 1. The van der Waals surface area contributed by atoms with Gasteiger partial charge in [0.1, 0.15) is 0 Å². The van der Waals surface area contributed by atoms with Gasteiger partial charge in [0.05, 0.1) is 19.1 Å². The van der Waals surface area contributed by atoms with Crippen LogP contribution in [-0.4, -0.2) is 48.4 Å². The molecule has 1 rings (SSSR count). The number of para-hydroxylation sites is 2. The van der Waals surface area contributed by atoms with Gasteiger partial charge in [-0.3, -0.25) is 10.1 Å². The van der Waals surface area contributed by atoms with Gasteiger partial charge >= 0.3 is 17.6 Å². The highest BCUT2D eigenvalue weighted by Gasteiger charge is 2.37. The van der Waals surface area contributed by atoms with Gasteiger partial charge in [-0.1, -0.05) is 12.1 Å². The minimum atomic E-state index is -1.98. The Hall–Kier alpha value is -2.68. The molecule has 0 spiro atoms. The summed E-state index contributed by atoms with van der Waals surface area (Å²) in [6.45, 7) is 0. The van der Waals surface area contributed by atoms with Crippen LogP contribution in [0.4, 0.5) is 5.69 Å². The van der Waals surface area contributed by atoms with Crippen LogP contribution in [0, 0.1) is 10.1 Å². The van der Waals surface area contributed by atoms with E-state index in [0.29, 0.717) is 0 Å². The minimum Gasteiger partial charge on any atom is -0.468 e. The number of esters is 2. The van der Waals surface area contributed by atoms with Crippen molar-refractivity contribution in [3.63, 3.8) is 0 Å². The zero-order chi connectivity index (χ0) is 16.0. The molecule has 21 heavy (non-hydrogen) atoms. The fraction of sp³-hybridized carbons (Fsp3) is 0.333. The number of hydrogen-bond donors (Lipinski definition) is 1. The number of nitro benzene ring substituents is 1. The van der Waals surface area contributed by atoms with Crippen molar-refractivity contribution in [3.8, 4) is 5.75 Å². The summed E-state index contributed by atoms with van der Waals surface area (Å²) in [7, 11) is 2.02. The van der Waals surface area contributed by atoms with Gasteiger partial charge in [0.15, 0.2) is 11.9 Å². The van der Waals surface area contributed by atoms with Crippen LogP contribution >= 0.6 is 0 Å². The summed E-state index contributed by atoms with van der Waals surface area (Å²) in [5.41, 5.74) is -0.427. The molecule has 0 aromatic heterocycles. The molecule has 0 fully saturated rings. The highest BCUT2D eigenvalue weighted by Crippen LogP contribution is 2.27. The Kier molecular flexibility index (Phi) is 5.61. The van der Waals surface area contributed by atoms with Gasteiger partial charge < -0.3 is 19.3 Å². The van der Waals surface area contributed by atoms with Crippen molar-refractivity contribution < 1.29 is 33.8 Å². The van der Waals surface area contributed by atoms with E-state index < -0.39 is 34.8 Å². The summed E-state index contributed by atoms with van der Waals surface area (Å²) in [6.07, 6.45) is -3.77. The van der Waals surface area contributed by atoms with Gasteiger partial charge in [0.2, 0.25) is 6.10 Å². The quantitative estimate of drug-likeness (QED) is 0.443. The maximum Gasteiger partial charge on any atom is 0.350 e. The number of carbonyl (C=O) groups excluding carboxylic acids is 2. The zero-order valence-electron chi connectivity index (χ0n) is 11.2. The predicted molar refractivity (Wildman–Crippen MR) is 67.6 cm³/mol. The highest BCUT2D eigenvalue weighted by atomic mass is 16.6. The van der Waals surface area contributed by atoms with Crippen molar-refractivity contribution in [2.75, 3.05) is 14.2 Å². The second-order valence-corrected chi connectivity index (χ2v) is 3.75. The first-order valence-electron chi connectivity index (χ1n) is 5.66. The number of nitrogens with zero attached hydrogens (tertiary/aromatic N) is 1. The van der Waals surface area contributed by atoms with Gasteiger partial charge in [-0.2, -0.15) is 0 Å². The second-order valence-electron chi connectivity index (χ2n) is 3.75. The van der Waals surface area contributed by atoms with E-state index in [4.69, 9.17) is 4.74 Å². The van der Waals surface area contributed by atoms with Crippen molar-refractivity contribution in [2.24, 2.45) is 0 Å². The Morgan fingerprint density at radius 1 is 1.19 bits per heavy atom. The smallest absolute Gasteiger partial charge is 0.350 e. The van der Waals surface area contributed by atoms with E-state index in [1.165, 1.54) is 18.2 Å². The molecule has 1 N–H and O–H groups in total. The van der Waals surface area contributed by atoms with Crippen molar-refractivity contribution in [2.45, 2.75) is 12.2 Å². The van der Waals surface area contributed by atoms with E-state index >= 15 is 0 Å². The third-order valence-corrected chi connectivity index (χ3v) is 2.48. The number of ether oxygens (including phenoxy) is 3. The minimum absolute atomic E-state index is 0.291. The summed E-state index contributed by atoms with van der Waals surface area (Å²) in [5.74, 6) is -2.50. The molecular weight excluding hydrogens is 286 g/mol. The first kappa shape index (κ1) is 16.4. The van der Waals surface area contributed by atoms with Crippen LogP contribution in [0.2, 0.25) is 0 Å². The van der Waals surface area contributed by atoms with Gasteiger partial charge in [0, 0.05) is 6.07 Å². The van der Waals surface area contributed by atoms with Gasteiger partial charge in [-0.15, -0.1) is 0 Å². The standard InChI is InChI=1S/C12H13NO8/c1-19-11(15)9(14)10(12(16)20-2)21-8-6-4-3-5-7(8)13(17)18/h3-6,9-10,14H,1-2H3.